The molecule has 0 aliphatic carbocycles. The molecule has 10 aromatic rings. The maximum atomic E-state index is 9.88. The lowest BCUT2D eigenvalue weighted by atomic mass is 9.63. The molecule has 0 atom stereocenters. The minimum Gasteiger partial charge on any atom is -0.457 e. The zero-order valence-corrected chi connectivity index (χ0v) is 31.8. The maximum Gasteiger partial charge on any atom is 0.132 e. The Bertz CT molecular complexity index is 3200. The maximum absolute atomic E-state index is 9.88. The number of hydrogen-bond acceptors (Lipinski definition) is 4. The third-order valence-electron chi connectivity index (χ3n) is 11.7. The molecule has 1 aliphatic heterocycles. The van der Waals surface area contributed by atoms with Gasteiger partial charge in [0.15, 0.2) is 0 Å². The van der Waals surface area contributed by atoms with Crippen molar-refractivity contribution in [3.8, 4) is 56.9 Å². The molecule has 1 aliphatic rings. The molecule has 0 fully saturated rings. The van der Waals surface area contributed by atoms with E-state index in [4.69, 9.17) is 9.72 Å². The fraction of sp³-hybridized carbons (Fsp3) is 0.0185. The van der Waals surface area contributed by atoms with Gasteiger partial charge in [0.25, 0.3) is 0 Å². The standard InChI is InChI=1S/C54H34N4O/c55-35-36-19-25-50-44(31-36)45-32-38(22-26-51(45)58(50)43-15-8-3-9-16-43)39-20-23-46-52(33-39)59-53-34-40(49-18-10-17-48(57-49)37-27-29-56-30-28-37)21-24-47(53)54(46,41-11-4-1-5-12-41)42-13-6-2-7-14-42/h1-34H. The van der Waals surface area contributed by atoms with E-state index in [-0.39, 0.29) is 0 Å². The largest absolute Gasteiger partial charge is 0.457 e. The van der Waals surface area contributed by atoms with Crippen LogP contribution in [0.1, 0.15) is 27.8 Å². The van der Waals surface area contributed by atoms with Gasteiger partial charge < -0.3 is 9.30 Å². The quantitative estimate of drug-likeness (QED) is 0.170. The van der Waals surface area contributed by atoms with Crippen molar-refractivity contribution in [2.75, 3.05) is 0 Å². The van der Waals surface area contributed by atoms with Crippen LogP contribution in [0.2, 0.25) is 0 Å². The monoisotopic (exact) mass is 754 g/mol. The minimum absolute atomic E-state index is 0.632. The lowest BCUT2D eigenvalue weighted by Crippen LogP contribution is -2.34. The van der Waals surface area contributed by atoms with E-state index in [1.807, 2.05) is 48.5 Å². The Balaban J connectivity index is 1.11. The van der Waals surface area contributed by atoms with Gasteiger partial charge >= 0.3 is 0 Å². The molecular weight excluding hydrogens is 721 g/mol. The zero-order valence-electron chi connectivity index (χ0n) is 31.8. The highest BCUT2D eigenvalue weighted by Gasteiger charge is 2.45. The van der Waals surface area contributed by atoms with Crippen molar-refractivity contribution in [3.05, 3.63) is 234 Å². The third-order valence-corrected chi connectivity index (χ3v) is 11.7. The number of nitrogens with zero attached hydrogens (tertiary/aromatic N) is 4. The summed E-state index contributed by atoms with van der Waals surface area (Å²) in [4.78, 5) is 9.28. The molecule has 59 heavy (non-hydrogen) atoms. The number of fused-ring (bicyclic) bond motifs is 5. The normalized spacial score (nSPS) is 12.7. The van der Waals surface area contributed by atoms with Crippen molar-refractivity contribution in [2.24, 2.45) is 0 Å². The van der Waals surface area contributed by atoms with Gasteiger partial charge in [0.2, 0.25) is 0 Å². The molecule has 5 nitrogen and oxygen atoms in total. The van der Waals surface area contributed by atoms with Crippen LogP contribution in [0.5, 0.6) is 11.5 Å². The minimum atomic E-state index is -0.671. The van der Waals surface area contributed by atoms with Crippen molar-refractivity contribution in [2.45, 2.75) is 5.41 Å². The van der Waals surface area contributed by atoms with Gasteiger partial charge in [-0.05, 0) is 101 Å². The Morgan fingerprint density at radius 3 is 1.68 bits per heavy atom. The highest BCUT2D eigenvalue weighted by Crippen LogP contribution is 2.56. The van der Waals surface area contributed by atoms with Gasteiger partial charge in [0.1, 0.15) is 11.5 Å². The van der Waals surface area contributed by atoms with Crippen molar-refractivity contribution in [3.63, 3.8) is 0 Å². The van der Waals surface area contributed by atoms with E-state index in [2.05, 4.69) is 161 Å². The first-order valence-corrected chi connectivity index (χ1v) is 19.7. The second-order valence-corrected chi connectivity index (χ2v) is 14.9. The van der Waals surface area contributed by atoms with Gasteiger partial charge in [-0.1, -0.05) is 115 Å². The number of rotatable bonds is 6. The topological polar surface area (TPSA) is 63.7 Å². The van der Waals surface area contributed by atoms with E-state index in [0.29, 0.717) is 5.56 Å². The summed E-state index contributed by atoms with van der Waals surface area (Å²) < 4.78 is 9.36. The van der Waals surface area contributed by atoms with E-state index >= 15 is 0 Å². The predicted molar refractivity (Wildman–Crippen MR) is 236 cm³/mol. The highest BCUT2D eigenvalue weighted by atomic mass is 16.5. The summed E-state index contributed by atoms with van der Waals surface area (Å²) in [6.45, 7) is 0. The molecule has 3 aromatic heterocycles. The van der Waals surface area contributed by atoms with Crippen LogP contribution >= 0.6 is 0 Å². The lowest BCUT2D eigenvalue weighted by Gasteiger charge is -2.41. The van der Waals surface area contributed by atoms with Crippen LogP contribution in [0.4, 0.5) is 0 Å². The zero-order chi connectivity index (χ0) is 39.3. The summed E-state index contributed by atoms with van der Waals surface area (Å²) in [6, 6.07) is 70.1. The van der Waals surface area contributed by atoms with E-state index in [1.54, 1.807) is 12.4 Å². The average Bonchev–Trinajstić information content (AvgIpc) is 3.64. The molecule has 0 saturated carbocycles. The second-order valence-electron chi connectivity index (χ2n) is 14.9. The Hall–Kier alpha value is -8.07. The molecule has 0 amide bonds. The molecular formula is C54H34N4O. The van der Waals surface area contributed by atoms with Gasteiger partial charge in [-0.2, -0.15) is 5.26 Å². The summed E-state index contributed by atoms with van der Waals surface area (Å²) in [6.07, 6.45) is 3.58. The summed E-state index contributed by atoms with van der Waals surface area (Å²) in [7, 11) is 0. The number of para-hydroxylation sites is 1. The number of aromatic nitrogens is 3. The van der Waals surface area contributed by atoms with Gasteiger partial charge in [-0.15, -0.1) is 0 Å². The van der Waals surface area contributed by atoms with Crippen LogP contribution in [-0.2, 0) is 5.41 Å². The molecule has 0 spiro atoms. The number of hydrogen-bond donors (Lipinski definition) is 0. The second kappa shape index (κ2) is 13.8. The molecule has 0 radical (unpaired) electrons. The van der Waals surface area contributed by atoms with Crippen LogP contribution in [0, 0.1) is 11.3 Å². The fourth-order valence-electron chi connectivity index (χ4n) is 9.01. The molecule has 0 unspecified atom stereocenters. The first kappa shape index (κ1) is 34.2. The van der Waals surface area contributed by atoms with Crippen molar-refractivity contribution in [1.29, 1.82) is 5.26 Å². The van der Waals surface area contributed by atoms with E-state index in [0.717, 1.165) is 94.9 Å². The summed E-state index contributed by atoms with van der Waals surface area (Å²) in [5.41, 5.74) is 13.4. The van der Waals surface area contributed by atoms with Gasteiger partial charge in [0.05, 0.1) is 39.5 Å². The number of benzene rings is 7. The highest BCUT2D eigenvalue weighted by molar-refractivity contribution is 6.11. The van der Waals surface area contributed by atoms with E-state index in [9.17, 15) is 5.26 Å². The van der Waals surface area contributed by atoms with Crippen LogP contribution in [0.25, 0.3) is 61.1 Å². The van der Waals surface area contributed by atoms with Crippen LogP contribution in [-0.4, -0.2) is 14.5 Å². The van der Waals surface area contributed by atoms with Gasteiger partial charge in [-0.3, -0.25) is 4.98 Å². The summed E-state index contributed by atoms with van der Waals surface area (Å²) in [5, 5.41) is 12.0. The number of pyridine rings is 2. The van der Waals surface area contributed by atoms with Crippen LogP contribution < -0.4 is 4.74 Å². The molecule has 7 aromatic carbocycles. The van der Waals surface area contributed by atoms with Crippen molar-refractivity contribution in [1.82, 2.24) is 14.5 Å². The Morgan fingerprint density at radius 2 is 1.02 bits per heavy atom. The van der Waals surface area contributed by atoms with Gasteiger partial charge in [-0.25, -0.2) is 4.98 Å². The molecule has 0 bridgehead atoms. The van der Waals surface area contributed by atoms with Crippen LogP contribution in [0.3, 0.4) is 0 Å². The summed E-state index contributed by atoms with van der Waals surface area (Å²) in [5.74, 6) is 1.57. The Morgan fingerprint density at radius 1 is 0.475 bits per heavy atom. The molecule has 276 valence electrons. The first-order valence-electron chi connectivity index (χ1n) is 19.7. The average molecular weight is 755 g/mol. The summed E-state index contributed by atoms with van der Waals surface area (Å²) >= 11 is 0. The Labute approximate surface area is 341 Å². The number of nitriles is 1. The fourth-order valence-corrected chi connectivity index (χ4v) is 9.01. The van der Waals surface area contributed by atoms with E-state index in [1.165, 1.54) is 0 Å². The smallest absolute Gasteiger partial charge is 0.132 e. The molecule has 0 saturated heterocycles. The predicted octanol–water partition coefficient (Wildman–Crippen LogP) is 12.9. The molecule has 0 N–H and O–H groups in total. The third kappa shape index (κ3) is 5.54. The number of ether oxygens (including phenoxy) is 1. The first-order chi connectivity index (χ1) is 29.2. The molecule has 5 heteroatoms. The van der Waals surface area contributed by atoms with Crippen molar-refractivity contribution >= 4 is 21.8 Å². The van der Waals surface area contributed by atoms with Crippen LogP contribution in [0.15, 0.2) is 207 Å². The van der Waals surface area contributed by atoms with Crippen molar-refractivity contribution < 1.29 is 4.74 Å². The lowest BCUT2D eigenvalue weighted by molar-refractivity contribution is 0.435. The van der Waals surface area contributed by atoms with Gasteiger partial charge in [0, 0.05) is 51.1 Å². The SMILES string of the molecule is N#Cc1ccc2c(c1)c1cc(-c3ccc4c(c3)Oc3cc(-c5cccc(-c6ccncc6)n5)ccc3C4(c3ccccc3)c3ccccc3)ccc1n2-c1ccccc1. The molecule has 11 rings (SSSR count). The van der Waals surface area contributed by atoms with E-state index < -0.39 is 5.41 Å². The Kier molecular flexibility index (Phi) is 8.02. The molecule has 4 heterocycles.